The van der Waals surface area contributed by atoms with E-state index in [0.29, 0.717) is 6.54 Å². The van der Waals surface area contributed by atoms with E-state index in [-0.39, 0.29) is 12.0 Å². The fourth-order valence-corrected chi connectivity index (χ4v) is 2.05. The van der Waals surface area contributed by atoms with Gasteiger partial charge in [-0.1, -0.05) is 6.92 Å². The van der Waals surface area contributed by atoms with Gasteiger partial charge < -0.3 is 15.3 Å². The van der Waals surface area contributed by atoms with Gasteiger partial charge in [-0.25, -0.2) is 0 Å². The van der Waals surface area contributed by atoms with E-state index in [0.717, 1.165) is 25.9 Å². The summed E-state index contributed by atoms with van der Waals surface area (Å²) < 4.78 is 0. The lowest BCUT2D eigenvalue weighted by molar-refractivity contribution is -0.140. The molecule has 0 aromatic carbocycles. The lowest BCUT2D eigenvalue weighted by atomic mass is 10.0. The van der Waals surface area contributed by atoms with Crippen molar-refractivity contribution in [3.8, 4) is 0 Å². The molecule has 0 radical (unpaired) electrons. The van der Waals surface area contributed by atoms with Crippen molar-refractivity contribution in [1.29, 1.82) is 0 Å². The molecule has 1 amide bonds. The molecule has 0 bridgehead atoms. The average Bonchev–Trinajstić information content (AvgIpc) is 2.16. The summed E-state index contributed by atoms with van der Waals surface area (Å²) >= 11 is 0. The van der Waals surface area contributed by atoms with E-state index >= 15 is 0 Å². The SMILES string of the molecule is CCNC(C)(C)C(=O)N1CCCC(O)C1. The molecule has 4 heteroatoms. The molecule has 1 aliphatic rings. The van der Waals surface area contributed by atoms with Gasteiger partial charge in [0.2, 0.25) is 5.91 Å². The van der Waals surface area contributed by atoms with Gasteiger partial charge >= 0.3 is 0 Å². The van der Waals surface area contributed by atoms with Crippen molar-refractivity contribution in [1.82, 2.24) is 10.2 Å². The molecular formula is C11H22N2O2. The van der Waals surface area contributed by atoms with Gasteiger partial charge in [0.25, 0.3) is 0 Å². The third-order valence-electron chi connectivity index (χ3n) is 2.84. The van der Waals surface area contributed by atoms with Crippen LogP contribution in [0.4, 0.5) is 0 Å². The second-order valence-electron chi connectivity index (χ2n) is 4.70. The molecule has 0 aromatic rings. The summed E-state index contributed by atoms with van der Waals surface area (Å²) in [7, 11) is 0. The van der Waals surface area contributed by atoms with Gasteiger partial charge in [0, 0.05) is 13.1 Å². The molecule has 1 saturated heterocycles. The Balaban J connectivity index is 2.58. The lowest BCUT2D eigenvalue weighted by Crippen LogP contribution is -2.56. The van der Waals surface area contributed by atoms with Gasteiger partial charge in [0.15, 0.2) is 0 Å². The van der Waals surface area contributed by atoms with E-state index in [9.17, 15) is 9.90 Å². The van der Waals surface area contributed by atoms with Gasteiger partial charge in [0.05, 0.1) is 11.6 Å². The highest BCUT2D eigenvalue weighted by Gasteiger charge is 2.33. The Bertz CT molecular complexity index is 229. The van der Waals surface area contributed by atoms with Crippen LogP contribution in [0.2, 0.25) is 0 Å². The quantitative estimate of drug-likeness (QED) is 0.713. The third kappa shape index (κ3) is 3.18. The largest absolute Gasteiger partial charge is 0.391 e. The number of amides is 1. The first-order valence-electron chi connectivity index (χ1n) is 5.70. The predicted octanol–water partition coefficient (Wildman–Crippen LogP) is 0.358. The monoisotopic (exact) mass is 214 g/mol. The number of carbonyl (C=O) groups is 1. The number of nitrogens with one attached hydrogen (secondary N) is 1. The van der Waals surface area contributed by atoms with E-state index < -0.39 is 5.54 Å². The van der Waals surface area contributed by atoms with Crippen LogP contribution < -0.4 is 5.32 Å². The number of carbonyl (C=O) groups excluding carboxylic acids is 1. The maximum Gasteiger partial charge on any atom is 0.242 e. The zero-order valence-corrected chi connectivity index (χ0v) is 9.92. The molecule has 4 nitrogen and oxygen atoms in total. The molecule has 1 rings (SSSR count). The number of likely N-dealkylation sites (N-methyl/N-ethyl adjacent to an activating group) is 1. The van der Waals surface area contributed by atoms with Gasteiger partial charge in [-0.2, -0.15) is 0 Å². The normalized spacial score (nSPS) is 22.9. The molecule has 1 unspecified atom stereocenters. The predicted molar refractivity (Wildman–Crippen MR) is 59.6 cm³/mol. The molecule has 88 valence electrons. The summed E-state index contributed by atoms with van der Waals surface area (Å²) in [5.41, 5.74) is -0.522. The van der Waals surface area contributed by atoms with Gasteiger partial charge in [-0.15, -0.1) is 0 Å². The maximum atomic E-state index is 12.1. The van der Waals surface area contributed by atoms with Crippen LogP contribution in [-0.2, 0) is 4.79 Å². The van der Waals surface area contributed by atoms with Crippen LogP contribution in [0.5, 0.6) is 0 Å². The van der Waals surface area contributed by atoms with Crippen LogP contribution in [0.3, 0.4) is 0 Å². The average molecular weight is 214 g/mol. The van der Waals surface area contributed by atoms with E-state index in [2.05, 4.69) is 5.32 Å². The van der Waals surface area contributed by atoms with Crippen molar-refractivity contribution >= 4 is 5.91 Å². The number of hydrogen-bond acceptors (Lipinski definition) is 3. The number of β-amino-alcohol motifs (C(OH)–C–C–N with tert-alkyl or cyclic N) is 1. The Hall–Kier alpha value is -0.610. The van der Waals surface area contributed by atoms with Crippen LogP contribution in [0.1, 0.15) is 33.6 Å². The Morgan fingerprint density at radius 2 is 2.27 bits per heavy atom. The molecule has 1 aliphatic heterocycles. The van der Waals surface area contributed by atoms with Gasteiger partial charge in [0.1, 0.15) is 0 Å². The summed E-state index contributed by atoms with van der Waals surface area (Å²) in [6, 6.07) is 0. The second-order valence-corrected chi connectivity index (χ2v) is 4.70. The van der Waals surface area contributed by atoms with Crippen molar-refractivity contribution in [2.75, 3.05) is 19.6 Å². The third-order valence-corrected chi connectivity index (χ3v) is 2.84. The Morgan fingerprint density at radius 3 is 2.80 bits per heavy atom. The van der Waals surface area contributed by atoms with Crippen molar-refractivity contribution in [3.63, 3.8) is 0 Å². The minimum Gasteiger partial charge on any atom is -0.391 e. The highest BCUT2D eigenvalue weighted by molar-refractivity contribution is 5.85. The summed E-state index contributed by atoms with van der Waals surface area (Å²) in [6.45, 7) is 7.78. The fourth-order valence-electron chi connectivity index (χ4n) is 2.05. The number of rotatable bonds is 3. The van der Waals surface area contributed by atoms with Crippen LogP contribution in [0.25, 0.3) is 0 Å². The molecule has 1 heterocycles. The first-order valence-corrected chi connectivity index (χ1v) is 5.70. The Labute approximate surface area is 91.6 Å². The van der Waals surface area contributed by atoms with Crippen molar-refractivity contribution in [3.05, 3.63) is 0 Å². The molecule has 2 N–H and O–H groups in total. The van der Waals surface area contributed by atoms with Crippen molar-refractivity contribution in [2.45, 2.75) is 45.3 Å². The summed E-state index contributed by atoms with van der Waals surface area (Å²) in [5.74, 6) is 0.0862. The Kier molecular flexibility index (Phi) is 4.11. The minimum atomic E-state index is -0.522. The van der Waals surface area contributed by atoms with E-state index in [1.54, 1.807) is 4.90 Å². The summed E-state index contributed by atoms with van der Waals surface area (Å²) in [5, 5.41) is 12.7. The molecule has 15 heavy (non-hydrogen) atoms. The standard InChI is InChI=1S/C11H22N2O2/c1-4-12-11(2,3)10(15)13-7-5-6-9(14)8-13/h9,12,14H,4-8H2,1-3H3. The van der Waals surface area contributed by atoms with E-state index in [1.807, 2.05) is 20.8 Å². The number of aliphatic hydroxyl groups is 1. The first-order chi connectivity index (χ1) is 6.97. The van der Waals surface area contributed by atoms with Crippen LogP contribution >= 0.6 is 0 Å². The molecule has 0 spiro atoms. The van der Waals surface area contributed by atoms with Crippen LogP contribution in [0, 0.1) is 0 Å². The maximum absolute atomic E-state index is 12.1. The number of nitrogens with zero attached hydrogens (tertiary/aromatic N) is 1. The lowest BCUT2D eigenvalue weighted by Gasteiger charge is -2.36. The summed E-state index contributed by atoms with van der Waals surface area (Å²) in [4.78, 5) is 13.9. The zero-order valence-electron chi connectivity index (χ0n) is 9.92. The number of likely N-dealkylation sites (tertiary alicyclic amines) is 1. The summed E-state index contributed by atoms with van der Waals surface area (Å²) in [6.07, 6.45) is 1.36. The molecule has 0 aliphatic carbocycles. The number of aliphatic hydroxyl groups excluding tert-OH is 1. The van der Waals surface area contributed by atoms with Gasteiger partial charge in [-0.3, -0.25) is 4.79 Å². The highest BCUT2D eigenvalue weighted by Crippen LogP contribution is 2.15. The molecule has 0 aromatic heterocycles. The second kappa shape index (κ2) is 4.94. The number of piperidine rings is 1. The fraction of sp³-hybridized carbons (Fsp3) is 0.909. The zero-order chi connectivity index (χ0) is 11.5. The van der Waals surface area contributed by atoms with Crippen molar-refractivity contribution in [2.24, 2.45) is 0 Å². The van der Waals surface area contributed by atoms with E-state index in [4.69, 9.17) is 0 Å². The van der Waals surface area contributed by atoms with Gasteiger partial charge in [-0.05, 0) is 33.2 Å². The van der Waals surface area contributed by atoms with Crippen molar-refractivity contribution < 1.29 is 9.90 Å². The Morgan fingerprint density at radius 1 is 1.60 bits per heavy atom. The highest BCUT2D eigenvalue weighted by atomic mass is 16.3. The van der Waals surface area contributed by atoms with Crippen LogP contribution in [-0.4, -0.2) is 47.2 Å². The minimum absolute atomic E-state index is 0.0862. The van der Waals surface area contributed by atoms with Crippen LogP contribution in [0.15, 0.2) is 0 Å². The molecule has 1 fully saturated rings. The molecule has 0 saturated carbocycles. The molecule has 1 atom stereocenters. The first kappa shape index (κ1) is 12.5. The smallest absolute Gasteiger partial charge is 0.242 e. The van der Waals surface area contributed by atoms with E-state index in [1.165, 1.54) is 0 Å². The number of hydrogen-bond donors (Lipinski definition) is 2. The molecular weight excluding hydrogens is 192 g/mol. The topological polar surface area (TPSA) is 52.6 Å².